The monoisotopic (exact) mass is 532 g/mol. The summed E-state index contributed by atoms with van der Waals surface area (Å²) in [6.45, 7) is 5.75. The largest absolute Gasteiger partial charge is 0.368 e. The summed E-state index contributed by atoms with van der Waals surface area (Å²) < 4.78 is 0. The molecule has 2 aliphatic heterocycles. The maximum Gasteiger partial charge on any atom is 0.255 e. The van der Waals surface area contributed by atoms with E-state index in [-0.39, 0.29) is 23.6 Å². The van der Waals surface area contributed by atoms with Crippen LogP contribution in [0.3, 0.4) is 0 Å². The minimum Gasteiger partial charge on any atom is -0.368 e. The molecule has 2 saturated heterocycles. The van der Waals surface area contributed by atoms with Crippen molar-refractivity contribution in [2.45, 2.75) is 44.9 Å². The number of amides is 3. The van der Waals surface area contributed by atoms with Gasteiger partial charge in [-0.1, -0.05) is 19.3 Å². The average Bonchev–Trinajstić information content (AvgIpc) is 3.41. The first kappa shape index (κ1) is 27.1. The van der Waals surface area contributed by atoms with Gasteiger partial charge in [-0.3, -0.25) is 19.4 Å². The summed E-state index contributed by atoms with van der Waals surface area (Å²) in [6.07, 6.45) is 10.2. The highest BCUT2D eigenvalue weighted by Crippen LogP contribution is 2.31. The van der Waals surface area contributed by atoms with Crippen LogP contribution in [0.15, 0.2) is 42.7 Å². The molecule has 1 aromatic heterocycles. The number of carbonyl (C=O) groups is 3. The van der Waals surface area contributed by atoms with Gasteiger partial charge in [0, 0.05) is 69.7 Å². The molecule has 1 saturated carbocycles. The van der Waals surface area contributed by atoms with Crippen LogP contribution < -0.4 is 15.5 Å². The number of nitrogens with zero attached hydrogens (tertiary/aromatic N) is 4. The van der Waals surface area contributed by atoms with Crippen LogP contribution >= 0.6 is 0 Å². The Bertz CT molecular complexity index is 1140. The Hall–Kier alpha value is -3.46. The zero-order chi connectivity index (χ0) is 27.0. The quantitative estimate of drug-likeness (QED) is 0.613. The summed E-state index contributed by atoms with van der Waals surface area (Å²) in [5, 5.41) is 6.56. The Kier molecular flexibility index (Phi) is 9.08. The maximum atomic E-state index is 13.4. The Balaban J connectivity index is 1.36. The first-order valence-electron chi connectivity index (χ1n) is 14.5. The molecule has 5 rings (SSSR count). The third-order valence-corrected chi connectivity index (χ3v) is 8.14. The van der Waals surface area contributed by atoms with Gasteiger partial charge in [0.15, 0.2) is 0 Å². The molecule has 0 unspecified atom stereocenters. The number of pyridine rings is 1. The Morgan fingerprint density at radius 2 is 1.59 bits per heavy atom. The molecule has 0 atom stereocenters. The van der Waals surface area contributed by atoms with E-state index in [9.17, 15) is 14.4 Å². The lowest BCUT2D eigenvalue weighted by atomic mass is 9.88. The maximum absolute atomic E-state index is 13.4. The van der Waals surface area contributed by atoms with Crippen molar-refractivity contribution in [3.05, 3.63) is 53.9 Å². The predicted molar refractivity (Wildman–Crippen MR) is 152 cm³/mol. The molecule has 208 valence electrons. The van der Waals surface area contributed by atoms with E-state index in [1.54, 1.807) is 24.5 Å². The van der Waals surface area contributed by atoms with E-state index in [1.807, 2.05) is 28.0 Å². The van der Waals surface area contributed by atoms with E-state index in [2.05, 4.69) is 20.5 Å². The normalized spacial score (nSPS) is 19.2. The standard InChI is InChI=1S/C30H40N6O3/c37-28(23-7-2-1-3-8-23)33-26-21-24(29(38)35-15-5-13-31-14-18-35)10-11-27(26)34-16-6-17-36(20-19-34)30(39)25-9-4-12-32-22-25/h4,9-12,21-23,31H,1-3,5-8,13-20H2,(H,33,37). The van der Waals surface area contributed by atoms with Crippen molar-refractivity contribution in [3.8, 4) is 0 Å². The highest BCUT2D eigenvalue weighted by Gasteiger charge is 2.26. The van der Waals surface area contributed by atoms with Crippen LogP contribution in [0.1, 0.15) is 65.7 Å². The highest BCUT2D eigenvalue weighted by atomic mass is 16.2. The number of nitrogens with one attached hydrogen (secondary N) is 2. The minimum absolute atomic E-state index is 0.00234. The molecule has 39 heavy (non-hydrogen) atoms. The lowest BCUT2D eigenvalue weighted by Crippen LogP contribution is -2.36. The van der Waals surface area contributed by atoms with Gasteiger partial charge in [-0.15, -0.1) is 0 Å². The van der Waals surface area contributed by atoms with Crippen molar-refractivity contribution >= 4 is 29.1 Å². The Morgan fingerprint density at radius 3 is 2.41 bits per heavy atom. The summed E-state index contributed by atoms with van der Waals surface area (Å²) in [7, 11) is 0. The number of rotatable bonds is 5. The fourth-order valence-electron chi connectivity index (χ4n) is 5.91. The first-order chi connectivity index (χ1) is 19.1. The van der Waals surface area contributed by atoms with Crippen LogP contribution in [0.25, 0.3) is 0 Å². The van der Waals surface area contributed by atoms with E-state index < -0.39 is 0 Å². The molecule has 9 heteroatoms. The van der Waals surface area contributed by atoms with Crippen molar-refractivity contribution in [1.82, 2.24) is 20.1 Å². The molecular weight excluding hydrogens is 492 g/mol. The van der Waals surface area contributed by atoms with Crippen LogP contribution in [0.5, 0.6) is 0 Å². The number of hydrogen-bond donors (Lipinski definition) is 2. The second-order valence-electron chi connectivity index (χ2n) is 10.8. The summed E-state index contributed by atoms with van der Waals surface area (Å²) in [5.74, 6) is 0.0493. The molecule has 0 bridgehead atoms. The molecule has 3 fully saturated rings. The van der Waals surface area contributed by atoms with E-state index in [4.69, 9.17) is 0 Å². The third-order valence-electron chi connectivity index (χ3n) is 8.14. The van der Waals surface area contributed by atoms with E-state index in [0.717, 1.165) is 70.4 Å². The smallest absolute Gasteiger partial charge is 0.255 e. The fourth-order valence-corrected chi connectivity index (χ4v) is 5.91. The minimum atomic E-state index is -0.0105. The number of hydrogen-bond acceptors (Lipinski definition) is 6. The van der Waals surface area contributed by atoms with Gasteiger partial charge in [0.25, 0.3) is 11.8 Å². The van der Waals surface area contributed by atoms with Crippen LogP contribution in [0.4, 0.5) is 11.4 Å². The second kappa shape index (κ2) is 13.1. The van der Waals surface area contributed by atoms with Crippen molar-refractivity contribution in [1.29, 1.82) is 0 Å². The molecule has 9 nitrogen and oxygen atoms in total. The Morgan fingerprint density at radius 1 is 0.795 bits per heavy atom. The van der Waals surface area contributed by atoms with Crippen molar-refractivity contribution in [3.63, 3.8) is 0 Å². The van der Waals surface area contributed by atoms with Crippen molar-refractivity contribution < 1.29 is 14.4 Å². The van der Waals surface area contributed by atoms with E-state index in [1.165, 1.54) is 6.42 Å². The summed E-state index contributed by atoms with van der Waals surface area (Å²) >= 11 is 0. The van der Waals surface area contributed by atoms with Gasteiger partial charge >= 0.3 is 0 Å². The lowest BCUT2D eigenvalue weighted by molar-refractivity contribution is -0.120. The summed E-state index contributed by atoms with van der Waals surface area (Å²) in [5.41, 5.74) is 2.79. The average molecular weight is 533 g/mol. The zero-order valence-electron chi connectivity index (χ0n) is 22.7. The molecule has 3 amide bonds. The van der Waals surface area contributed by atoms with Crippen molar-refractivity contribution in [2.24, 2.45) is 5.92 Å². The lowest BCUT2D eigenvalue weighted by Gasteiger charge is -2.28. The Labute approximate surface area is 230 Å². The molecule has 3 heterocycles. The molecule has 0 radical (unpaired) electrons. The molecule has 1 aromatic carbocycles. The third kappa shape index (κ3) is 6.76. The fraction of sp³-hybridized carbons (Fsp3) is 0.533. The summed E-state index contributed by atoms with van der Waals surface area (Å²) in [6, 6.07) is 9.30. The topological polar surface area (TPSA) is 97.9 Å². The molecule has 3 aliphatic rings. The first-order valence-corrected chi connectivity index (χ1v) is 14.5. The molecular formula is C30H40N6O3. The second-order valence-corrected chi connectivity index (χ2v) is 10.8. The van der Waals surface area contributed by atoms with Crippen LogP contribution in [0.2, 0.25) is 0 Å². The van der Waals surface area contributed by atoms with Gasteiger partial charge in [-0.25, -0.2) is 0 Å². The van der Waals surface area contributed by atoms with Gasteiger partial charge in [0.2, 0.25) is 5.91 Å². The highest BCUT2D eigenvalue weighted by molar-refractivity contribution is 6.00. The van der Waals surface area contributed by atoms with E-state index in [0.29, 0.717) is 43.0 Å². The van der Waals surface area contributed by atoms with E-state index >= 15 is 0 Å². The van der Waals surface area contributed by atoms with Crippen LogP contribution in [-0.2, 0) is 4.79 Å². The number of carbonyl (C=O) groups excluding carboxylic acids is 3. The molecule has 2 N–H and O–H groups in total. The van der Waals surface area contributed by atoms with Gasteiger partial charge in [-0.2, -0.15) is 0 Å². The molecule has 2 aromatic rings. The SMILES string of the molecule is O=C(Nc1cc(C(=O)N2CCCNCC2)ccc1N1CCCN(C(=O)c2cccnc2)CC1)C1CCCCC1. The number of aromatic nitrogens is 1. The zero-order valence-corrected chi connectivity index (χ0v) is 22.7. The van der Waals surface area contributed by atoms with Gasteiger partial charge < -0.3 is 25.3 Å². The van der Waals surface area contributed by atoms with Gasteiger partial charge in [0.05, 0.1) is 16.9 Å². The van der Waals surface area contributed by atoms with Crippen LogP contribution in [-0.4, -0.2) is 84.9 Å². The number of anilines is 2. The van der Waals surface area contributed by atoms with Gasteiger partial charge in [-0.05, 0) is 62.6 Å². The summed E-state index contributed by atoms with van der Waals surface area (Å²) in [4.78, 5) is 49.9. The molecule has 1 aliphatic carbocycles. The van der Waals surface area contributed by atoms with Crippen LogP contribution in [0, 0.1) is 5.92 Å². The van der Waals surface area contributed by atoms with Crippen molar-refractivity contribution in [2.75, 3.05) is 62.6 Å². The van der Waals surface area contributed by atoms with Gasteiger partial charge in [0.1, 0.15) is 0 Å². The number of benzene rings is 1. The molecule has 0 spiro atoms. The predicted octanol–water partition coefficient (Wildman–Crippen LogP) is 3.39.